The molecule has 0 saturated heterocycles. The third kappa shape index (κ3) is 7.95. The Hall–Kier alpha value is -5.64. The highest BCUT2D eigenvalue weighted by Gasteiger charge is 2.29. The molecule has 4 aromatic carbocycles. The van der Waals surface area contributed by atoms with Gasteiger partial charge in [0.25, 0.3) is 0 Å². The first kappa shape index (κ1) is 29.3. The summed E-state index contributed by atoms with van der Waals surface area (Å²) in [5, 5.41) is 15.0. The number of nitrogens with two attached hydrogens (primary N) is 1. The van der Waals surface area contributed by atoms with Crippen molar-refractivity contribution in [2.75, 3.05) is 16.4 Å². The minimum Gasteiger partial charge on any atom is -0.505 e. The first-order valence-corrected chi connectivity index (χ1v) is 12.8. The fraction of sp³-hybridized carbons (Fsp3) is 0.0938. The molecule has 0 fully saturated rings. The zero-order valence-corrected chi connectivity index (χ0v) is 22.5. The van der Waals surface area contributed by atoms with Gasteiger partial charge in [0.15, 0.2) is 29.6 Å². The number of phenolic OH excluding ortho intramolecular Hbond substituents is 1. The summed E-state index contributed by atoms with van der Waals surface area (Å²) in [6.07, 6.45) is -0.790. The van der Waals surface area contributed by atoms with Crippen LogP contribution in [0.1, 0.15) is 28.9 Å². The van der Waals surface area contributed by atoms with E-state index in [2.05, 4.69) is 10.6 Å². The topological polar surface area (TPSA) is 140 Å². The lowest BCUT2D eigenvalue weighted by molar-refractivity contribution is -0.112. The Bertz CT molecular complexity index is 1590. The zero-order valence-electron chi connectivity index (χ0n) is 22.5. The number of ether oxygens (including phenoxy) is 2. The number of benzene rings is 4. The van der Waals surface area contributed by atoms with E-state index < -0.39 is 35.8 Å². The van der Waals surface area contributed by atoms with Gasteiger partial charge in [-0.25, -0.2) is 9.18 Å². The van der Waals surface area contributed by atoms with Gasteiger partial charge in [0.1, 0.15) is 5.75 Å². The van der Waals surface area contributed by atoms with Gasteiger partial charge in [0, 0.05) is 17.3 Å². The number of aromatic hydroxyl groups is 1. The van der Waals surface area contributed by atoms with Gasteiger partial charge in [0.05, 0.1) is 11.4 Å². The Morgan fingerprint density at radius 1 is 0.905 bits per heavy atom. The molecule has 0 aliphatic carbocycles. The number of amides is 2. The fourth-order valence-electron chi connectivity index (χ4n) is 3.90. The Morgan fingerprint density at radius 2 is 1.60 bits per heavy atom. The van der Waals surface area contributed by atoms with Gasteiger partial charge in [0.2, 0.25) is 5.91 Å². The molecule has 0 unspecified atom stereocenters. The maximum Gasteiger partial charge on any atom is 0.412 e. The minimum atomic E-state index is -1.29. The maximum absolute atomic E-state index is 14.4. The molecule has 0 aliphatic rings. The van der Waals surface area contributed by atoms with E-state index in [1.807, 2.05) is 0 Å². The third-order valence-corrected chi connectivity index (χ3v) is 6.04. The lowest BCUT2D eigenvalue weighted by Gasteiger charge is -2.26. The summed E-state index contributed by atoms with van der Waals surface area (Å²) in [5.41, 5.74) is 7.63. The van der Waals surface area contributed by atoms with Gasteiger partial charge in [-0.15, -0.1) is 0 Å². The van der Waals surface area contributed by atoms with Gasteiger partial charge in [-0.2, -0.15) is 0 Å². The quantitative estimate of drug-likeness (QED) is 0.101. The number of para-hydroxylation sites is 3. The number of phenols is 1. The van der Waals surface area contributed by atoms with E-state index in [1.165, 1.54) is 37.3 Å². The summed E-state index contributed by atoms with van der Waals surface area (Å²) in [6, 6.07) is 24.9. The van der Waals surface area contributed by atoms with Crippen LogP contribution in [-0.4, -0.2) is 29.0 Å². The number of ketones is 1. The second-order valence-corrected chi connectivity index (χ2v) is 9.13. The second kappa shape index (κ2) is 13.6. The van der Waals surface area contributed by atoms with Crippen molar-refractivity contribution in [3.05, 3.63) is 126 Å². The largest absolute Gasteiger partial charge is 0.505 e. The fourth-order valence-corrected chi connectivity index (χ4v) is 3.90. The molecule has 0 aromatic heterocycles. The van der Waals surface area contributed by atoms with E-state index in [0.717, 1.165) is 12.1 Å². The number of anilines is 3. The van der Waals surface area contributed by atoms with Gasteiger partial charge in [-0.3, -0.25) is 14.9 Å². The molecule has 10 heteroatoms. The molecule has 0 saturated carbocycles. The van der Waals surface area contributed by atoms with Crippen molar-refractivity contribution in [3.63, 3.8) is 0 Å². The molecule has 2 amide bonds. The third-order valence-electron chi connectivity index (χ3n) is 6.04. The van der Waals surface area contributed by atoms with Crippen LogP contribution in [0.5, 0.6) is 11.5 Å². The smallest absolute Gasteiger partial charge is 0.412 e. The summed E-state index contributed by atoms with van der Waals surface area (Å²) in [7, 11) is 0. The summed E-state index contributed by atoms with van der Waals surface area (Å²) in [6.45, 7) is 1.42. The lowest BCUT2D eigenvalue weighted by atomic mass is 10.0. The van der Waals surface area contributed by atoms with Crippen LogP contribution in [-0.2, 0) is 9.53 Å². The van der Waals surface area contributed by atoms with Gasteiger partial charge in [-0.1, -0.05) is 36.4 Å². The standard InChI is InChI=1S/C32H28FN3O6/c1-20(37)21-11-14-23(15-12-21)35-32(40)42-31(22-13-16-28(38)25(33)19-22)29(41-24-7-3-2-4-8-24)17-18-30(39)36-27-10-6-5-9-26(27)34/h2-19,29,31,38H,34H2,1H3,(H,35,40)(H,36,39)/b18-17+/t29-,31-/m0/s1. The molecule has 4 rings (SSSR count). The average Bonchev–Trinajstić information content (AvgIpc) is 2.97. The molecule has 9 nitrogen and oxygen atoms in total. The first-order valence-electron chi connectivity index (χ1n) is 12.8. The molecular weight excluding hydrogens is 541 g/mol. The number of hydrogen-bond donors (Lipinski definition) is 4. The van der Waals surface area contributed by atoms with Gasteiger partial charge in [-0.05, 0) is 79.2 Å². The number of Topliss-reactive ketones (excluding diaryl/α,β-unsaturated/α-hetero) is 1. The highest BCUT2D eigenvalue weighted by Crippen LogP contribution is 2.30. The molecule has 42 heavy (non-hydrogen) atoms. The minimum absolute atomic E-state index is 0.134. The van der Waals surface area contributed by atoms with E-state index in [1.54, 1.807) is 66.7 Å². The average molecular weight is 570 g/mol. The monoisotopic (exact) mass is 569 g/mol. The number of carbonyl (C=O) groups excluding carboxylic acids is 3. The number of rotatable bonds is 10. The van der Waals surface area contributed by atoms with Crippen molar-refractivity contribution in [2.45, 2.75) is 19.1 Å². The molecule has 2 atom stereocenters. The van der Waals surface area contributed by atoms with E-state index >= 15 is 0 Å². The van der Waals surface area contributed by atoms with E-state index in [4.69, 9.17) is 15.2 Å². The van der Waals surface area contributed by atoms with Crippen molar-refractivity contribution >= 4 is 34.8 Å². The van der Waals surface area contributed by atoms with Crippen LogP contribution in [0.2, 0.25) is 0 Å². The van der Waals surface area contributed by atoms with Crippen LogP contribution < -0.4 is 21.1 Å². The zero-order chi connectivity index (χ0) is 30.1. The van der Waals surface area contributed by atoms with Crippen LogP contribution >= 0.6 is 0 Å². The molecule has 0 heterocycles. The number of nitrogen functional groups attached to an aromatic ring is 1. The molecule has 5 N–H and O–H groups in total. The van der Waals surface area contributed by atoms with Crippen LogP contribution in [0.4, 0.5) is 26.2 Å². The molecule has 0 aliphatic heterocycles. The molecule has 214 valence electrons. The van der Waals surface area contributed by atoms with Crippen molar-refractivity contribution in [2.24, 2.45) is 0 Å². The van der Waals surface area contributed by atoms with E-state index in [9.17, 15) is 23.9 Å². The number of nitrogens with one attached hydrogen (secondary N) is 2. The Labute approximate surface area is 241 Å². The first-order chi connectivity index (χ1) is 20.2. The SMILES string of the molecule is CC(=O)c1ccc(NC(=O)O[C@@H](c2ccc(O)c(F)c2)[C@H](/C=C/C(=O)Nc2ccccc2N)Oc2ccccc2)cc1. The Kier molecular flexibility index (Phi) is 9.52. The van der Waals surface area contributed by atoms with Crippen LogP contribution in [0.15, 0.2) is 109 Å². The number of carbonyl (C=O) groups is 3. The molecule has 0 bridgehead atoms. The van der Waals surface area contributed by atoms with Crippen LogP contribution in [0.3, 0.4) is 0 Å². The van der Waals surface area contributed by atoms with E-state index in [-0.39, 0.29) is 11.3 Å². The van der Waals surface area contributed by atoms with Gasteiger partial charge < -0.3 is 25.6 Å². The summed E-state index contributed by atoms with van der Waals surface area (Å²) < 4.78 is 26.3. The van der Waals surface area contributed by atoms with Crippen molar-refractivity contribution in [3.8, 4) is 11.5 Å². The van der Waals surface area contributed by atoms with Crippen molar-refractivity contribution < 1.29 is 33.4 Å². The summed E-state index contributed by atoms with van der Waals surface area (Å²) in [4.78, 5) is 37.4. The normalized spacial score (nSPS) is 12.2. The van der Waals surface area contributed by atoms with E-state index in [0.29, 0.717) is 28.4 Å². The van der Waals surface area contributed by atoms with Gasteiger partial charge >= 0.3 is 6.09 Å². The Balaban J connectivity index is 1.64. The van der Waals surface area contributed by atoms with Crippen molar-refractivity contribution in [1.29, 1.82) is 0 Å². The predicted molar refractivity (Wildman–Crippen MR) is 157 cm³/mol. The van der Waals surface area contributed by atoms with Crippen LogP contribution in [0, 0.1) is 5.82 Å². The number of hydrogen-bond acceptors (Lipinski definition) is 7. The van der Waals surface area contributed by atoms with Crippen LogP contribution in [0.25, 0.3) is 0 Å². The number of halogens is 1. The summed E-state index contributed by atoms with van der Waals surface area (Å²) in [5.74, 6) is -1.83. The predicted octanol–water partition coefficient (Wildman–Crippen LogP) is 6.25. The molecular formula is C32H28FN3O6. The molecule has 4 aromatic rings. The Morgan fingerprint density at radius 3 is 2.26 bits per heavy atom. The highest BCUT2D eigenvalue weighted by atomic mass is 19.1. The molecule has 0 radical (unpaired) electrons. The molecule has 0 spiro atoms. The summed E-state index contributed by atoms with van der Waals surface area (Å²) >= 11 is 0. The lowest BCUT2D eigenvalue weighted by Crippen LogP contribution is -2.30. The second-order valence-electron chi connectivity index (χ2n) is 9.13. The maximum atomic E-state index is 14.4. The van der Waals surface area contributed by atoms with Crippen molar-refractivity contribution in [1.82, 2.24) is 0 Å². The highest BCUT2D eigenvalue weighted by molar-refractivity contribution is 6.01.